The van der Waals surface area contributed by atoms with Crippen molar-refractivity contribution in [2.75, 3.05) is 50.2 Å². The molecule has 33 heavy (non-hydrogen) atoms. The molecule has 1 aliphatic rings. The van der Waals surface area contributed by atoms with Crippen LogP contribution in [0, 0.1) is 0 Å². The van der Waals surface area contributed by atoms with Gasteiger partial charge in [-0.15, -0.1) is 0 Å². The lowest BCUT2D eigenvalue weighted by atomic mass is 10.1. The van der Waals surface area contributed by atoms with Gasteiger partial charge in [0.25, 0.3) is 0 Å². The van der Waals surface area contributed by atoms with Gasteiger partial charge in [-0.1, -0.05) is 30.3 Å². The molecule has 0 atom stereocenters. The molecule has 0 N–H and O–H groups in total. The van der Waals surface area contributed by atoms with E-state index in [0.717, 1.165) is 61.0 Å². The Morgan fingerprint density at radius 2 is 1.55 bits per heavy atom. The predicted molar refractivity (Wildman–Crippen MR) is 128 cm³/mol. The molecule has 1 aliphatic heterocycles. The summed E-state index contributed by atoms with van der Waals surface area (Å²) in [4.78, 5) is 22.9. The van der Waals surface area contributed by atoms with Gasteiger partial charge in [-0.2, -0.15) is 0 Å². The molecule has 0 radical (unpaired) electrons. The van der Waals surface area contributed by atoms with Gasteiger partial charge in [-0.3, -0.25) is 0 Å². The van der Waals surface area contributed by atoms with Gasteiger partial charge in [0.1, 0.15) is 12.1 Å². The molecule has 0 spiro atoms. The molecule has 1 saturated heterocycles. The Hall–Kier alpha value is -3.94. The zero-order valence-electron chi connectivity index (χ0n) is 18.8. The van der Waals surface area contributed by atoms with E-state index in [1.165, 1.54) is 5.56 Å². The molecule has 8 heteroatoms. The normalized spacial score (nSPS) is 13.9. The van der Waals surface area contributed by atoms with Gasteiger partial charge in [0.15, 0.2) is 11.5 Å². The van der Waals surface area contributed by atoms with Crippen molar-refractivity contribution in [3.05, 3.63) is 72.3 Å². The summed E-state index contributed by atoms with van der Waals surface area (Å²) in [5.41, 5.74) is 3.10. The molecule has 0 aliphatic carbocycles. The molecule has 8 nitrogen and oxygen atoms in total. The van der Waals surface area contributed by atoms with Crippen molar-refractivity contribution in [3.63, 3.8) is 0 Å². The van der Waals surface area contributed by atoms with E-state index in [1.54, 1.807) is 20.5 Å². The monoisotopic (exact) mass is 442 g/mol. The van der Waals surface area contributed by atoms with Gasteiger partial charge >= 0.3 is 0 Å². The molecule has 2 aromatic heterocycles. The van der Waals surface area contributed by atoms with E-state index < -0.39 is 0 Å². The van der Waals surface area contributed by atoms with Crippen molar-refractivity contribution in [2.45, 2.75) is 6.42 Å². The third-order valence-corrected chi connectivity index (χ3v) is 5.91. The van der Waals surface area contributed by atoms with Gasteiger partial charge in [-0.25, -0.2) is 19.9 Å². The number of ether oxygens (including phenoxy) is 2. The second kappa shape index (κ2) is 9.28. The maximum Gasteiger partial charge on any atom is 0.225 e. The largest absolute Gasteiger partial charge is 0.493 e. The first kappa shape index (κ1) is 20.9. The molecule has 2 aromatic carbocycles. The van der Waals surface area contributed by atoms with Crippen molar-refractivity contribution >= 4 is 22.7 Å². The highest BCUT2D eigenvalue weighted by molar-refractivity contribution is 5.92. The molecule has 0 amide bonds. The maximum absolute atomic E-state index is 5.49. The van der Waals surface area contributed by atoms with Gasteiger partial charge < -0.3 is 19.3 Å². The fourth-order valence-corrected chi connectivity index (χ4v) is 4.18. The zero-order chi connectivity index (χ0) is 22.6. The molecule has 4 aromatic rings. The summed E-state index contributed by atoms with van der Waals surface area (Å²) >= 11 is 0. The van der Waals surface area contributed by atoms with Crippen LogP contribution in [0.15, 0.2) is 61.1 Å². The van der Waals surface area contributed by atoms with Crippen molar-refractivity contribution < 1.29 is 9.47 Å². The van der Waals surface area contributed by atoms with Crippen LogP contribution in [0.25, 0.3) is 10.9 Å². The average molecular weight is 443 g/mol. The lowest BCUT2D eigenvalue weighted by molar-refractivity contribution is 0.356. The van der Waals surface area contributed by atoms with Gasteiger partial charge in [0.2, 0.25) is 5.95 Å². The SMILES string of the molecule is COc1cc2ncnc(N3CCN(c4nccc(Cc5ccccc5)n4)CC3)c2cc1OC. The zero-order valence-corrected chi connectivity index (χ0v) is 18.8. The predicted octanol–water partition coefficient (Wildman–Crippen LogP) is 3.35. The summed E-state index contributed by atoms with van der Waals surface area (Å²) in [7, 11) is 3.26. The van der Waals surface area contributed by atoms with E-state index in [0.29, 0.717) is 11.5 Å². The van der Waals surface area contributed by atoms with Crippen molar-refractivity contribution in [1.29, 1.82) is 0 Å². The summed E-state index contributed by atoms with van der Waals surface area (Å²) in [5, 5.41) is 0.949. The number of hydrogen-bond donors (Lipinski definition) is 0. The summed E-state index contributed by atoms with van der Waals surface area (Å²) in [5.74, 6) is 3.01. The summed E-state index contributed by atoms with van der Waals surface area (Å²) in [6.07, 6.45) is 4.26. The molecule has 5 rings (SSSR count). The van der Waals surface area contributed by atoms with Crippen LogP contribution in [0.4, 0.5) is 11.8 Å². The quantitative estimate of drug-likeness (QED) is 0.450. The number of fused-ring (bicyclic) bond motifs is 1. The second-order valence-electron chi connectivity index (χ2n) is 7.91. The third kappa shape index (κ3) is 4.37. The first-order valence-electron chi connectivity index (χ1n) is 11.0. The van der Waals surface area contributed by atoms with Crippen LogP contribution in [-0.2, 0) is 6.42 Å². The van der Waals surface area contributed by atoms with E-state index in [4.69, 9.17) is 14.5 Å². The smallest absolute Gasteiger partial charge is 0.225 e. The minimum Gasteiger partial charge on any atom is -0.493 e. The number of anilines is 2. The van der Waals surface area contributed by atoms with E-state index >= 15 is 0 Å². The highest BCUT2D eigenvalue weighted by atomic mass is 16.5. The van der Waals surface area contributed by atoms with Gasteiger partial charge in [-0.05, 0) is 17.7 Å². The van der Waals surface area contributed by atoms with E-state index in [-0.39, 0.29) is 0 Å². The molecule has 1 fully saturated rings. The van der Waals surface area contributed by atoms with E-state index in [2.05, 4.69) is 49.0 Å². The lowest BCUT2D eigenvalue weighted by Gasteiger charge is -2.35. The second-order valence-corrected chi connectivity index (χ2v) is 7.91. The van der Waals surface area contributed by atoms with Crippen LogP contribution in [-0.4, -0.2) is 60.3 Å². The number of piperazine rings is 1. The third-order valence-electron chi connectivity index (χ3n) is 5.91. The molecular formula is C25H26N6O2. The molecule has 3 heterocycles. The summed E-state index contributed by atoms with van der Waals surface area (Å²) in [6, 6.07) is 16.2. The Labute approximate surface area is 192 Å². The first-order valence-corrected chi connectivity index (χ1v) is 11.0. The van der Waals surface area contributed by atoms with Crippen LogP contribution in [0.5, 0.6) is 11.5 Å². The number of rotatable bonds is 6. The Morgan fingerprint density at radius 3 is 2.30 bits per heavy atom. The summed E-state index contributed by atoms with van der Waals surface area (Å²) < 4.78 is 10.9. The minimum atomic E-state index is 0.659. The van der Waals surface area contributed by atoms with Crippen molar-refractivity contribution in [2.24, 2.45) is 0 Å². The minimum absolute atomic E-state index is 0.659. The Balaban J connectivity index is 1.33. The van der Waals surface area contributed by atoms with Crippen LogP contribution in [0.1, 0.15) is 11.3 Å². The Kier molecular flexibility index (Phi) is 5.89. The number of benzene rings is 2. The van der Waals surface area contributed by atoms with Gasteiger partial charge in [0, 0.05) is 50.2 Å². The number of nitrogens with zero attached hydrogens (tertiary/aromatic N) is 6. The number of aromatic nitrogens is 4. The molecular weight excluding hydrogens is 416 g/mol. The molecule has 0 unspecified atom stereocenters. The van der Waals surface area contributed by atoms with Gasteiger partial charge in [0.05, 0.1) is 25.4 Å². The van der Waals surface area contributed by atoms with Crippen LogP contribution in [0.3, 0.4) is 0 Å². The fraction of sp³-hybridized carbons (Fsp3) is 0.280. The topological polar surface area (TPSA) is 76.5 Å². The van der Waals surface area contributed by atoms with Crippen molar-refractivity contribution in [1.82, 2.24) is 19.9 Å². The average Bonchev–Trinajstić information content (AvgIpc) is 2.88. The Bertz CT molecular complexity index is 1240. The Morgan fingerprint density at radius 1 is 0.818 bits per heavy atom. The van der Waals surface area contributed by atoms with Crippen LogP contribution >= 0.6 is 0 Å². The highest BCUT2D eigenvalue weighted by Crippen LogP contribution is 2.35. The van der Waals surface area contributed by atoms with Crippen molar-refractivity contribution in [3.8, 4) is 11.5 Å². The lowest BCUT2D eigenvalue weighted by Crippen LogP contribution is -2.47. The fourth-order valence-electron chi connectivity index (χ4n) is 4.18. The molecule has 168 valence electrons. The number of hydrogen-bond acceptors (Lipinski definition) is 8. The highest BCUT2D eigenvalue weighted by Gasteiger charge is 2.22. The first-order chi connectivity index (χ1) is 16.2. The number of methoxy groups -OCH3 is 2. The maximum atomic E-state index is 5.49. The standard InChI is InChI=1S/C25H26N6O2/c1-32-22-15-20-21(16-23(22)33-2)27-17-28-24(20)30-10-12-31(13-11-30)25-26-9-8-19(29-25)14-18-6-4-3-5-7-18/h3-9,15-17H,10-14H2,1-2H3. The molecule has 0 saturated carbocycles. The molecule has 0 bridgehead atoms. The van der Waals surface area contributed by atoms with Crippen LogP contribution in [0.2, 0.25) is 0 Å². The van der Waals surface area contributed by atoms with Crippen LogP contribution < -0.4 is 19.3 Å². The summed E-state index contributed by atoms with van der Waals surface area (Å²) in [6.45, 7) is 3.25. The van der Waals surface area contributed by atoms with E-state index in [1.807, 2.05) is 30.5 Å². The van der Waals surface area contributed by atoms with E-state index in [9.17, 15) is 0 Å².